The Bertz CT molecular complexity index is 450. The Morgan fingerprint density at radius 1 is 1.29 bits per heavy atom. The number of carbonyl (C=O) groups excluding carboxylic acids is 1. The minimum Gasteiger partial charge on any atom is -0.494 e. The Kier molecular flexibility index (Phi) is 7.03. The predicted molar refractivity (Wildman–Crippen MR) is 76.2 cm³/mol. The van der Waals surface area contributed by atoms with Gasteiger partial charge < -0.3 is 25.6 Å². The van der Waals surface area contributed by atoms with Gasteiger partial charge in [-0.25, -0.2) is 9.59 Å². The predicted octanol–water partition coefficient (Wildman–Crippen LogP) is 0.589. The van der Waals surface area contributed by atoms with Gasteiger partial charge in [0.15, 0.2) is 6.04 Å². The van der Waals surface area contributed by atoms with Crippen LogP contribution in [0.5, 0.6) is 5.75 Å². The van der Waals surface area contributed by atoms with Crippen molar-refractivity contribution in [2.45, 2.75) is 25.5 Å². The molecule has 0 saturated carbocycles. The van der Waals surface area contributed by atoms with Gasteiger partial charge in [-0.05, 0) is 25.5 Å². The number of amides is 2. The largest absolute Gasteiger partial charge is 0.494 e. The summed E-state index contributed by atoms with van der Waals surface area (Å²) in [5.41, 5.74) is 0. The summed E-state index contributed by atoms with van der Waals surface area (Å²) < 4.78 is 5.44. The van der Waals surface area contributed by atoms with Gasteiger partial charge in [-0.3, -0.25) is 0 Å². The maximum absolute atomic E-state index is 11.5. The van der Waals surface area contributed by atoms with Gasteiger partial charge in [0.2, 0.25) is 0 Å². The lowest BCUT2D eigenvalue weighted by molar-refractivity contribution is -0.141. The standard InChI is InChI=1S/C14H20N2O5/c1-10(17)12(13(18)19)16-14(20)15-8-5-9-21-11-6-3-2-4-7-11/h2-4,6-7,10,12,17H,5,8-9H2,1H3,(H,18,19)(H2,15,16,20)/t10-,12+/m1/s1. The average Bonchev–Trinajstić information content (AvgIpc) is 2.45. The molecule has 2 amide bonds. The first kappa shape index (κ1) is 16.8. The van der Waals surface area contributed by atoms with Gasteiger partial charge in [-0.1, -0.05) is 18.2 Å². The zero-order chi connectivity index (χ0) is 15.7. The van der Waals surface area contributed by atoms with Crippen molar-refractivity contribution < 1.29 is 24.5 Å². The Balaban J connectivity index is 2.17. The van der Waals surface area contributed by atoms with Crippen LogP contribution in [0.1, 0.15) is 13.3 Å². The number of benzene rings is 1. The number of para-hydroxylation sites is 1. The van der Waals surface area contributed by atoms with Crippen molar-refractivity contribution in [2.75, 3.05) is 13.2 Å². The molecule has 0 fully saturated rings. The number of hydrogen-bond donors (Lipinski definition) is 4. The SMILES string of the molecule is C[C@@H](O)[C@H](NC(=O)NCCCOc1ccccc1)C(=O)O. The first-order valence-corrected chi connectivity index (χ1v) is 6.64. The van der Waals surface area contributed by atoms with E-state index in [4.69, 9.17) is 9.84 Å². The molecule has 0 spiro atoms. The number of hydrogen-bond acceptors (Lipinski definition) is 4. The molecule has 4 N–H and O–H groups in total. The molecule has 1 aromatic rings. The lowest BCUT2D eigenvalue weighted by Gasteiger charge is -2.17. The van der Waals surface area contributed by atoms with Crippen LogP contribution < -0.4 is 15.4 Å². The highest BCUT2D eigenvalue weighted by molar-refractivity contribution is 5.82. The molecule has 0 unspecified atom stereocenters. The maximum atomic E-state index is 11.5. The fourth-order valence-corrected chi connectivity index (χ4v) is 1.56. The number of carbonyl (C=O) groups is 2. The summed E-state index contributed by atoms with van der Waals surface area (Å²) in [6.07, 6.45) is -0.594. The summed E-state index contributed by atoms with van der Waals surface area (Å²) in [5.74, 6) is -0.533. The molecule has 2 atom stereocenters. The van der Waals surface area contributed by atoms with Crippen molar-refractivity contribution in [3.05, 3.63) is 30.3 Å². The fraction of sp³-hybridized carbons (Fsp3) is 0.429. The molecule has 0 aromatic heterocycles. The molecule has 7 nitrogen and oxygen atoms in total. The smallest absolute Gasteiger partial charge is 0.328 e. The highest BCUT2D eigenvalue weighted by atomic mass is 16.5. The van der Waals surface area contributed by atoms with Crippen LogP contribution in [0.2, 0.25) is 0 Å². The molecule has 0 aliphatic carbocycles. The summed E-state index contributed by atoms with van der Waals surface area (Å²) >= 11 is 0. The van der Waals surface area contributed by atoms with Crippen LogP contribution in [0.4, 0.5) is 4.79 Å². The maximum Gasteiger partial charge on any atom is 0.328 e. The van der Waals surface area contributed by atoms with E-state index in [1.165, 1.54) is 6.92 Å². The van der Waals surface area contributed by atoms with E-state index in [0.717, 1.165) is 5.75 Å². The first-order valence-electron chi connectivity index (χ1n) is 6.64. The molecule has 0 heterocycles. The van der Waals surface area contributed by atoms with E-state index in [1.807, 2.05) is 30.3 Å². The Morgan fingerprint density at radius 3 is 2.52 bits per heavy atom. The third kappa shape index (κ3) is 6.62. The van der Waals surface area contributed by atoms with E-state index in [2.05, 4.69) is 10.6 Å². The number of carboxylic acids is 1. The molecule has 0 saturated heterocycles. The molecule has 0 bridgehead atoms. The number of ether oxygens (including phenoxy) is 1. The van der Waals surface area contributed by atoms with Crippen LogP contribution >= 0.6 is 0 Å². The Hall–Kier alpha value is -2.28. The van der Waals surface area contributed by atoms with E-state index in [9.17, 15) is 14.7 Å². The van der Waals surface area contributed by atoms with Crippen molar-refractivity contribution in [3.63, 3.8) is 0 Å². The van der Waals surface area contributed by atoms with E-state index < -0.39 is 24.1 Å². The number of urea groups is 1. The molecular formula is C14H20N2O5. The summed E-state index contributed by atoms with van der Waals surface area (Å²) in [4.78, 5) is 22.2. The van der Waals surface area contributed by atoms with Crippen molar-refractivity contribution >= 4 is 12.0 Å². The van der Waals surface area contributed by atoms with Crippen molar-refractivity contribution in [3.8, 4) is 5.75 Å². The van der Waals surface area contributed by atoms with E-state index >= 15 is 0 Å². The van der Waals surface area contributed by atoms with Crippen molar-refractivity contribution in [1.29, 1.82) is 0 Å². The summed E-state index contributed by atoms with van der Waals surface area (Å²) in [5, 5.41) is 22.7. The zero-order valence-corrected chi connectivity index (χ0v) is 11.8. The number of carboxylic acid groups (broad SMARTS) is 1. The molecule has 0 radical (unpaired) electrons. The summed E-state index contributed by atoms with van der Waals surface area (Å²) in [6.45, 7) is 2.07. The second kappa shape index (κ2) is 8.80. The molecule has 21 heavy (non-hydrogen) atoms. The zero-order valence-electron chi connectivity index (χ0n) is 11.8. The molecule has 0 aliphatic heterocycles. The Labute approximate surface area is 122 Å². The van der Waals surface area contributed by atoms with Crippen LogP contribution in [0.25, 0.3) is 0 Å². The molecule has 0 aliphatic rings. The monoisotopic (exact) mass is 296 g/mol. The van der Waals surface area contributed by atoms with Gasteiger partial charge in [0.25, 0.3) is 0 Å². The average molecular weight is 296 g/mol. The van der Waals surface area contributed by atoms with Crippen LogP contribution in [-0.4, -0.2) is 47.5 Å². The molecule has 1 aromatic carbocycles. The number of nitrogens with one attached hydrogen (secondary N) is 2. The van der Waals surface area contributed by atoms with E-state index in [-0.39, 0.29) is 0 Å². The molecule has 116 valence electrons. The molecule has 7 heteroatoms. The third-order valence-electron chi connectivity index (χ3n) is 2.65. The normalized spacial score (nSPS) is 13.0. The summed E-state index contributed by atoms with van der Waals surface area (Å²) in [7, 11) is 0. The topological polar surface area (TPSA) is 108 Å². The van der Waals surface area contributed by atoms with Crippen LogP contribution in [0.3, 0.4) is 0 Å². The van der Waals surface area contributed by atoms with Crippen molar-refractivity contribution in [2.24, 2.45) is 0 Å². The van der Waals surface area contributed by atoms with Gasteiger partial charge in [-0.15, -0.1) is 0 Å². The second-order valence-corrected chi connectivity index (χ2v) is 4.47. The van der Waals surface area contributed by atoms with Gasteiger partial charge in [-0.2, -0.15) is 0 Å². The fourth-order valence-electron chi connectivity index (χ4n) is 1.56. The van der Waals surface area contributed by atoms with Crippen LogP contribution in [0.15, 0.2) is 30.3 Å². The third-order valence-corrected chi connectivity index (χ3v) is 2.65. The lowest BCUT2D eigenvalue weighted by Crippen LogP contribution is -2.51. The number of aliphatic carboxylic acids is 1. The highest BCUT2D eigenvalue weighted by Gasteiger charge is 2.24. The second-order valence-electron chi connectivity index (χ2n) is 4.47. The van der Waals surface area contributed by atoms with Gasteiger partial charge in [0.05, 0.1) is 12.7 Å². The molecule has 1 rings (SSSR count). The molecular weight excluding hydrogens is 276 g/mol. The highest BCUT2D eigenvalue weighted by Crippen LogP contribution is 2.07. The van der Waals surface area contributed by atoms with Gasteiger partial charge in [0.1, 0.15) is 5.75 Å². The van der Waals surface area contributed by atoms with Crippen LogP contribution in [-0.2, 0) is 4.79 Å². The quantitative estimate of drug-likeness (QED) is 0.525. The number of aliphatic hydroxyl groups is 1. The minimum absolute atomic E-state index is 0.338. The minimum atomic E-state index is -1.33. The van der Waals surface area contributed by atoms with E-state index in [1.54, 1.807) is 0 Å². The first-order chi connectivity index (χ1) is 10.0. The van der Waals surface area contributed by atoms with Crippen LogP contribution in [0, 0.1) is 0 Å². The number of rotatable bonds is 8. The van der Waals surface area contributed by atoms with Crippen molar-refractivity contribution in [1.82, 2.24) is 10.6 Å². The summed E-state index contributed by atoms with van der Waals surface area (Å²) in [6, 6.07) is 7.32. The van der Waals surface area contributed by atoms with E-state index in [0.29, 0.717) is 19.6 Å². The van der Waals surface area contributed by atoms with Gasteiger partial charge in [0, 0.05) is 6.54 Å². The number of aliphatic hydroxyl groups excluding tert-OH is 1. The van der Waals surface area contributed by atoms with Gasteiger partial charge >= 0.3 is 12.0 Å². The Morgan fingerprint density at radius 2 is 1.95 bits per heavy atom. The lowest BCUT2D eigenvalue weighted by atomic mass is 10.2.